The molecule has 0 atom stereocenters. The lowest BCUT2D eigenvalue weighted by Gasteiger charge is -2.24. The lowest BCUT2D eigenvalue weighted by Crippen LogP contribution is -2.42. The Hall–Kier alpha value is -4.20. The smallest absolute Gasteiger partial charge is 0.407 e. The Kier molecular flexibility index (Phi) is 6.32. The number of nitrogens with one attached hydrogen (secondary N) is 2. The molecule has 1 heterocycles. The normalized spacial score (nSPS) is 12.4. The van der Waals surface area contributed by atoms with Crippen LogP contribution in [0.5, 0.6) is 0 Å². The van der Waals surface area contributed by atoms with Gasteiger partial charge in [-0.3, -0.25) is 4.79 Å². The number of aromatic carboxylic acids is 1. The molecule has 0 saturated carbocycles. The first-order valence-corrected chi connectivity index (χ1v) is 10.9. The highest BCUT2D eigenvalue weighted by molar-refractivity contribution is 5.95. The van der Waals surface area contributed by atoms with Gasteiger partial charge >= 0.3 is 12.1 Å². The van der Waals surface area contributed by atoms with E-state index in [1.165, 1.54) is 18.3 Å². The number of hydrogen-bond acceptors (Lipinski definition) is 5. The largest absolute Gasteiger partial charge is 0.477 e. The van der Waals surface area contributed by atoms with E-state index in [1.807, 2.05) is 36.4 Å². The Labute approximate surface area is 197 Å². The highest BCUT2D eigenvalue weighted by atomic mass is 16.5. The number of carboxylic acids is 1. The van der Waals surface area contributed by atoms with E-state index in [0.29, 0.717) is 5.69 Å². The molecular formula is C26H25N3O5. The molecule has 0 radical (unpaired) electrons. The third kappa shape index (κ3) is 4.76. The number of nitrogens with zero attached hydrogens (tertiary/aromatic N) is 1. The van der Waals surface area contributed by atoms with Crippen LogP contribution < -0.4 is 10.6 Å². The van der Waals surface area contributed by atoms with Crippen LogP contribution in [0.3, 0.4) is 0 Å². The van der Waals surface area contributed by atoms with E-state index in [9.17, 15) is 14.4 Å². The van der Waals surface area contributed by atoms with Crippen LogP contribution in [0, 0.1) is 5.41 Å². The third-order valence-corrected chi connectivity index (χ3v) is 5.87. The molecule has 0 unspecified atom stereocenters. The molecule has 34 heavy (non-hydrogen) atoms. The lowest BCUT2D eigenvalue weighted by atomic mass is 9.92. The van der Waals surface area contributed by atoms with E-state index in [0.717, 1.165) is 22.3 Å². The highest BCUT2D eigenvalue weighted by Gasteiger charge is 2.31. The van der Waals surface area contributed by atoms with E-state index in [1.54, 1.807) is 13.8 Å². The number of alkyl carbamates (subject to hydrolysis) is 1. The Morgan fingerprint density at radius 3 is 2.15 bits per heavy atom. The van der Waals surface area contributed by atoms with Crippen molar-refractivity contribution in [2.75, 3.05) is 18.5 Å². The summed E-state index contributed by atoms with van der Waals surface area (Å²) < 4.78 is 5.52. The molecule has 0 spiro atoms. The zero-order valence-electron chi connectivity index (χ0n) is 18.9. The van der Waals surface area contributed by atoms with Crippen LogP contribution in [0.15, 0.2) is 66.9 Å². The molecule has 3 N–H and O–H groups in total. The summed E-state index contributed by atoms with van der Waals surface area (Å²) in [6.07, 6.45) is 0.673. The van der Waals surface area contributed by atoms with Crippen LogP contribution in [0.1, 0.15) is 41.4 Å². The summed E-state index contributed by atoms with van der Waals surface area (Å²) in [4.78, 5) is 39.8. The summed E-state index contributed by atoms with van der Waals surface area (Å²) in [5.41, 5.74) is 3.85. The summed E-state index contributed by atoms with van der Waals surface area (Å²) in [6, 6.07) is 18.9. The monoisotopic (exact) mass is 459 g/mol. The highest BCUT2D eigenvalue weighted by Crippen LogP contribution is 2.44. The van der Waals surface area contributed by atoms with Crippen molar-refractivity contribution in [3.05, 3.63) is 83.7 Å². The molecule has 3 aromatic rings. The first-order valence-electron chi connectivity index (χ1n) is 10.9. The van der Waals surface area contributed by atoms with Gasteiger partial charge < -0.3 is 20.5 Å². The first kappa shape index (κ1) is 23.0. The van der Waals surface area contributed by atoms with Gasteiger partial charge in [0.05, 0.1) is 17.3 Å². The predicted molar refractivity (Wildman–Crippen MR) is 127 cm³/mol. The fourth-order valence-electron chi connectivity index (χ4n) is 3.92. The van der Waals surface area contributed by atoms with Crippen molar-refractivity contribution in [2.24, 2.45) is 5.41 Å². The van der Waals surface area contributed by atoms with Crippen molar-refractivity contribution in [3.8, 4) is 11.1 Å². The van der Waals surface area contributed by atoms with Gasteiger partial charge in [-0.25, -0.2) is 14.6 Å². The van der Waals surface area contributed by atoms with Crippen molar-refractivity contribution >= 4 is 23.7 Å². The molecule has 0 bridgehead atoms. The quantitative estimate of drug-likeness (QED) is 0.485. The van der Waals surface area contributed by atoms with Crippen molar-refractivity contribution in [1.82, 2.24) is 10.3 Å². The molecule has 8 heteroatoms. The van der Waals surface area contributed by atoms with Crippen LogP contribution >= 0.6 is 0 Å². The van der Waals surface area contributed by atoms with E-state index in [2.05, 4.69) is 27.8 Å². The zero-order chi connectivity index (χ0) is 24.3. The Balaban J connectivity index is 1.32. The van der Waals surface area contributed by atoms with Crippen LogP contribution in [0.25, 0.3) is 11.1 Å². The van der Waals surface area contributed by atoms with Crippen LogP contribution in [-0.2, 0) is 9.53 Å². The number of rotatable bonds is 7. The number of aromatic nitrogens is 1. The molecule has 0 saturated heterocycles. The molecular weight excluding hydrogens is 434 g/mol. The number of amides is 2. The van der Waals surface area contributed by atoms with Crippen LogP contribution in [0.2, 0.25) is 0 Å². The summed E-state index contributed by atoms with van der Waals surface area (Å²) in [5, 5.41) is 14.3. The molecule has 2 amide bonds. The maximum absolute atomic E-state index is 12.7. The predicted octanol–water partition coefficient (Wildman–Crippen LogP) is 4.28. The number of fused-ring (bicyclic) bond motifs is 3. The number of carbonyl (C=O) groups excluding carboxylic acids is 2. The Morgan fingerprint density at radius 2 is 1.59 bits per heavy atom. The standard InChI is InChI=1S/C26H25N3O5/c1-26(2,24(32)29-16-11-12-22(23(30)31)27-13-16)15-28-25(33)34-14-21-19-9-5-3-7-17(19)18-8-4-6-10-20(18)21/h3-13,21H,14-15H2,1-2H3,(H,28,33)(H,29,32)(H,30,31). The van der Waals surface area contributed by atoms with Crippen molar-refractivity contribution in [1.29, 1.82) is 0 Å². The summed E-state index contributed by atoms with van der Waals surface area (Å²) in [6.45, 7) is 3.61. The Bertz CT molecular complexity index is 1190. The van der Waals surface area contributed by atoms with Gasteiger partial charge in [0, 0.05) is 12.5 Å². The van der Waals surface area contributed by atoms with Crippen molar-refractivity contribution in [3.63, 3.8) is 0 Å². The molecule has 8 nitrogen and oxygen atoms in total. The average molecular weight is 460 g/mol. The topological polar surface area (TPSA) is 118 Å². The second-order valence-electron chi connectivity index (χ2n) is 8.75. The number of carboxylic acid groups (broad SMARTS) is 1. The Morgan fingerprint density at radius 1 is 0.971 bits per heavy atom. The number of hydrogen-bond donors (Lipinski definition) is 3. The van der Waals surface area contributed by atoms with Crippen molar-refractivity contribution < 1.29 is 24.2 Å². The molecule has 1 aliphatic rings. The molecule has 1 aromatic heterocycles. The van der Waals surface area contributed by atoms with Gasteiger partial charge in [-0.15, -0.1) is 0 Å². The van der Waals surface area contributed by atoms with Gasteiger partial charge in [-0.1, -0.05) is 48.5 Å². The van der Waals surface area contributed by atoms with Gasteiger partial charge in [-0.05, 0) is 48.2 Å². The van der Waals surface area contributed by atoms with Gasteiger partial charge in [0.15, 0.2) is 0 Å². The summed E-state index contributed by atoms with van der Waals surface area (Å²) in [5.74, 6) is -1.54. The molecule has 4 rings (SSSR count). The number of pyridine rings is 1. The van der Waals surface area contributed by atoms with E-state index in [-0.39, 0.29) is 30.7 Å². The number of carbonyl (C=O) groups is 3. The van der Waals surface area contributed by atoms with Gasteiger partial charge in [-0.2, -0.15) is 0 Å². The van der Waals surface area contributed by atoms with Gasteiger partial charge in [0.1, 0.15) is 12.3 Å². The second kappa shape index (κ2) is 9.35. The SMILES string of the molecule is CC(C)(CNC(=O)OCC1c2ccccc2-c2ccccc21)C(=O)Nc1ccc(C(=O)O)nc1. The average Bonchev–Trinajstić information content (AvgIpc) is 3.15. The van der Waals surface area contributed by atoms with E-state index >= 15 is 0 Å². The number of ether oxygens (including phenoxy) is 1. The van der Waals surface area contributed by atoms with E-state index < -0.39 is 17.5 Å². The third-order valence-electron chi connectivity index (χ3n) is 5.87. The lowest BCUT2D eigenvalue weighted by molar-refractivity contribution is -0.123. The maximum atomic E-state index is 12.7. The number of benzene rings is 2. The van der Waals surface area contributed by atoms with Gasteiger partial charge in [0.2, 0.25) is 5.91 Å². The minimum atomic E-state index is -1.15. The molecule has 174 valence electrons. The molecule has 2 aromatic carbocycles. The van der Waals surface area contributed by atoms with Gasteiger partial charge in [0.25, 0.3) is 0 Å². The molecule has 0 aliphatic heterocycles. The zero-order valence-corrected chi connectivity index (χ0v) is 18.9. The van der Waals surface area contributed by atoms with Crippen LogP contribution in [0.4, 0.5) is 10.5 Å². The van der Waals surface area contributed by atoms with E-state index in [4.69, 9.17) is 9.84 Å². The molecule has 1 aliphatic carbocycles. The second-order valence-corrected chi connectivity index (χ2v) is 8.75. The summed E-state index contributed by atoms with van der Waals surface area (Å²) >= 11 is 0. The fraction of sp³-hybridized carbons (Fsp3) is 0.231. The van der Waals surface area contributed by atoms with Crippen molar-refractivity contribution in [2.45, 2.75) is 19.8 Å². The summed E-state index contributed by atoms with van der Waals surface area (Å²) in [7, 11) is 0. The minimum Gasteiger partial charge on any atom is -0.477 e. The number of anilines is 1. The molecule has 0 fully saturated rings. The maximum Gasteiger partial charge on any atom is 0.407 e. The fourth-order valence-corrected chi connectivity index (χ4v) is 3.92. The minimum absolute atomic E-state index is 0.0456. The first-order chi connectivity index (χ1) is 16.3. The van der Waals surface area contributed by atoms with Crippen LogP contribution in [-0.4, -0.2) is 41.2 Å².